The summed E-state index contributed by atoms with van der Waals surface area (Å²) in [4.78, 5) is 3.89. The zero-order valence-corrected chi connectivity index (χ0v) is 8.44. The molecule has 0 aromatic heterocycles. The van der Waals surface area contributed by atoms with Crippen LogP contribution >= 0.6 is 0 Å². The first-order valence-electron chi connectivity index (χ1n) is 4.72. The smallest absolute Gasteiger partial charge is 0.119 e. The molecule has 3 heteroatoms. The molecule has 1 aromatic carbocycles. The minimum atomic E-state index is 0.681. The van der Waals surface area contributed by atoms with Gasteiger partial charge in [-0.2, -0.15) is 0 Å². The van der Waals surface area contributed by atoms with E-state index in [0.29, 0.717) is 6.61 Å². The van der Waals surface area contributed by atoms with E-state index in [9.17, 15) is 0 Å². The summed E-state index contributed by atoms with van der Waals surface area (Å²) in [5.41, 5.74) is 6.32. The quantitative estimate of drug-likeness (QED) is 0.439. The molecule has 76 valence electrons. The first-order chi connectivity index (χ1) is 6.83. The molecule has 0 heterocycles. The first kappa shape index (κ1) is 10.6. The predicted molar refractivity (Wildman–Crippen MR) is 58.8 cm³/mol. The van der Waals surface area contributed by atoms with Gasteiger partial charge < -0.3 is 10.5 Å². The SMILES string of the molecule is Cc1cccc(OCCCN=CN)c1. The Kier molecular flexibility index (Phi) is 4.55. The topological polar surface area (TPSA) is 47.6 Å². The van der Waals surface area contributed by atoms with Crippen molar-refractivity contribution in [2.24, 2.45) is 10.7 Å². The third kappa shape index (κ3) is 3.94. The molecule has 14 heavy (non-hydrogen) atoms. The normalized spacial score (nSPS) is 10.6. The van der Waals surface area contributed by atoms with Crippen molar-refractivity contribution < 1.29 is 4.74 Å². The van der Waals surface area contributed by atoms with Gasteiger partial charge in [-0.3, -0.25) is 4.99 Å². The van der Waals surface area contributed by atoms with Gasteiger partial charge in [-0.05, 0) is 24.6 Å². The molecule has 3 nitrogen and oxygen atoms in total. The van der Waals surface area contributed by atoms with Crippen molar-refractivity contribution in [3.05, 3.63) is 29.8 Å². The summed E-state index contributed by atoms with van der Waals surface area (Å²) in [6.45, 7) is 3.45. The van der Waals surface area contributed by atoms with Gasteiger partial charge in [-0.1, -0.05) is 12.1 Å². The molecule has 1 aromatic rings. The molecule has 0 aliphatic carbocycles. The van der Waals surface area contributed by atoms with Crippen molar-refractivity contribution in [1.29, 1.82) is 0 Å². The summed E-state index contributed by atoms with van der Waals surface area (Å²) >= 11 is 0. The van der Waals surface area contributed by atoms with Gasteiger partial charge in [0.2, 0.25) is 0 Å². The summed E-state index contributed by atoms with van der Waals surface area (Å²) in [6, 6.07) is 8.01. The number of aliphatic imine (C=N–C) groups is 1. The molecule has 0 aliphatic rings. The van der Waals surface area contributed by atoms with E-state index >= 15 is 0 Å². The number of hydrogen-bond donors (Lipinski definition) is 1. The Bertz CT molecular complexity index is 297. The van der Waals surface area contributed by atoms with Gasteiger partial charge in [0, 0.05) is 13.0 Å². The highest BCUT2D eigenvalue weighted by atomic mass is 16.5. The third-order valence-corrected chi connectivity index (χ3v) is 1.80. The number of ether oxygens (including phenoxy) is 1. The fraction of sp³-hybridized carbons (Fsp3) is 0.364. The van der Waals surface area contributed by atoms with Crippen LogP contribution < -0.4 is 10.5 Å². The number of aryl methyl sites for hydroxylation is 1. The number of hydrogen-bond acceptors (Lipinski definition) is 2. The van der Waals surface area contributed by atoms with Crippen LogP contribution in [0, 0.1) is 6.92 Å². The molecule has 0 fully saturated rings. The lowest BCUT2D eigenvalue weighted by Gasteiger charge is -2.05. The zero-order chi connectivity index (χ0) is 10.2. The van der Waals surface area contributed by atoms with E-state index in [1.54, 1.807) is 0 Å². The third-order valence-electron chi connectivity index (χ3n) is 1.80. The van der Waals surface area contributed by atoms with Crippen LogP contribution in [0.25, 0.3) is 0 Å². The average molecular weight is 192 g/mol. The molecule has 0 unspecified atom stereocenters. The standard InChI is InChI=1S/C11H16N2O/c1-10-4-2-5-11(8-10)14-7-3-6-13-9-12/h2,4-5,8-9H,3,6-7H2,1H3,(H2,12,13). The van der Waals surface area contributed by atoms with E-state index in [-0.39, 0.29) is 0 Å². The Morgan fingerprint density at radius 1 is 1.50 bits per heavy atom. The zero-order valence-electron chi connectivity index (χ0n) is 8.44. The minimum Gasteiger partial charge on any atom is -0.494 e. The van der Waals surface area contributed by atoms with Crippen molar-refractivity contribution in [2.75, 3.05) is 13.2 Å². The fourth-order valence-electron chi connectivity index (χ4n) is 1.13. The van der Waals surface area contributed by atoms with Crippen LogP contribution in [0.1, 0.15) is 12.0 Å². The number of benzene rings is 1. The van der Waals surface area contributed by atoms with Crippen LogP contribution in [0.3, 0.4) is 0 Å². The van der Waals surface area contributed by atoms with Crippen LogP contribution in [0.5, 0.6) is 5.75 Å². The van der Waals surface area contributed by atoms with E-state index < -0.39 is 0 Å². The molecule has 0 spiro atoms. The van der Waals surface area contributed by atoms with Gasteiger partial charge in [-0.25, -0.2) is 0 Å². The van der Waals surface area contributed by atoms with Crippen molar-refractivity contribution in [1.82, 2.24) is 0 Å². The van der Waals surface area contributed by atoms with Crippen molar-refractivity contribution in [2.45, 2.75) is 13.3 Å². The Morgan fingerprint density at radius 3 is 3.07 bits per heavy atom. The first-order valence-corrected chi connectivity index (χ1v) is 4.72. The second-order valence-corrected chi connectivity index (χ2v) is 3.07. The van der Waals surface area contributed by atoms with Gasteiger partial charge in [0.05, 0.1) is 12.9 Å². The number of rotatable bonds is 5. The lowest BCUT2D eigenvalue weighted by molar-refractivity contribution is 0.313. The van der Waals surface area contributed by atoms with Gasteiger partial charge in [0.25, 0.3) is 0 Å². The van der Waals surface area contributed by atoms with Crippen molar-refractivity contribution >= 4 is 6.34 Å². The lowest BCUT2D eigenvalue weighted by Crippen LogP contribution is -2.00. The van der Waals surface area contributed by atoms with E-state index in [4.69, 9.17) is 10.5 Å². The molecule has 1 rings (SSSR count). The molecule has 0 saturated carbocycles. The number of nitrogens with zero attached hydrogens (tertiary/aromatic N) is 1. The van der Waals surface area contributed by atoms with E-state index in [2.05, 4.69) is 4.99 Å². The number of nitrogens with two attached hydrogens (primary N) is 1. The lowest BCUT2D eigenvalue weighted by atomic mass is 10.2. The summed E-state index contributed by atoms with van der Waals surface area (Å²) in [7, 11) is 0. The second kappa shape index (κ2) is 6.02. The second-order valence-electron chi connectivity index (χ2n) is 3.07. The highest BCUT2D eigenvalue weighted by Crippen LogP contribution is 2.12. The molecular weight excluding hydrogens is 176 g/mol. The molecule has 0 aliphatic heterocycles. The van der Waals surface area contributed by atoms with Crippen molar-refractivity contribution in [3.8, 4) is 5.75 Å². The summed E-state index contributed by atoms with van der Waals surface area (Å²) < 4.78 is 5.52. The molecule has 0 radical (unpaired) electrons. The van der Waals surface area contributed by atoms with Gasteiger partial charge >= 0.3 is 0 Å². The van der Waals surface area contributed by atoms with Crippen LogP contribution in [0.15, 0.2) is 29.3 Å². The summed E-state index contributed by atoms with van der Waals surface area (Å²) in [5, 5.41) is 0. The highest BCUT2D eigenvalue weighted by molar-refractivity contribution is 5.50. The minimum absolute atomic E-state index is 0.681. The molecular formula is C11H16N2O. The molecule has 0 amide bonds. The van der Waals surface area contributed by atoms with E-state index in [1.807, 2.05) is 31.2 Å². The highest BCUT2D eigenvalue weighted by Gasteiger charge is 1.92. The van der Waals surface area contributed by atoms with Gasteiger partial charge in [-0.15, -0.1) is 0 Å². The summed E-state index contributed by atoms with van der Waals surface area (Å²) in [6.07, 6.45) is 2.22. The Hall–Kier alpha value is -1.51. The van der Waals surface area contributed by atoms with E-state index in [1.165, 1.54) is 11.9 Å². The van der Waals surface area contributed by atoms with Gasteiger partial charge in [0.1, 0.15) is 5.75 Å². The maximum absolute atomic E-state index is 5.52. The Labute approximate surface area is 84.6 Å². The van der Waals surface area contributed by atoms with Crippen molar-refractivity contribution in [3.63, 3.8) is 0 Å². The van der Waals surface area contributed by atoms with Crippen LogP contribution in [0.2, 0.25) is 0 Å². The average Bonchev–Trinajstić information content (AvgIpc) is 2.18. The van der Waals surface area contributed by atoms with Crippen LogP contribution in [-0.2, 0) is 0 Å². The fourth-order valence-corrected chi connectivity index (χ4v) is 1.13. The largest absolute Gasteiger partial charge is 0.494 e. The summed E-state index contributed by atoms with van der Waals surface area (Å²) in [5.74, 6) is 0.918. The Morgan fingerprint density at radius 2 is 2.36 bits per heavy atom. The van der Waals surface area contributed by atoms with Crippen LogP contribution in [-0.4, -0.2) is 19.5 Å². The van der Waals surface area contributed by atoms with E-state index in [0.717, 1.165) is 18.7 Å². The predicted octanol–water partition coefficient (Wildman–Crippen LogP) is 1.75. The Balaban J connectivity index is 2.24. The maximum atomic E-state index is 5.52. The monoisotopic (exact) mass is 192 g/mol. The van der Waals surface area contributed by atoms with Crippen LogP contribution in [0.4, 0.5) is 0 Å². The molecule has 0 atom stereocenters. The van der Waals surface area contributed by atoms with Gasteiger partial charge in [0.15, 0.2) is 0 Å². The molecule has 2 N–H and O–H groups in total. The maximum Gasteiger partial charge on any atom is 0.119 e. The molecule has 0 saturated heterocycles. The molecule has 0 bridgehead atoms.